The molecule has 0 aromatic heterocycles. The average molecular weight is 351 g/mol. The van der Waals surface area contributed by atoms with E-state index in [2.05, 4.69) is 29.3 Å². The molecule has 24 heavy (non-hydrogen) atoms. The summed E-state index contributed by atoms with van der Waals surface area (Å²) in [6.45, 7) is 3.46. The zero-order chi connectivity index (χ0) is 16.4. The van der Waals surface area contributed by atoms with Gasteiger partial charge in [0.25, 0.3) is 0 Å². The first-order chi connectivity index (χ1) is 11.1. The minimum atomic E-state index is -0.625. The first-order valence-corrected chi connectivity index (χ1v) is 8.05. The van der Waals surface area contributed by atoms with Gasteiger partial charge in [0.15, 0.2) is 0 Å². The minimum absolute atomic E-state index is 0. The van der Waals surface area contributed by atoms with E-state index in [0.29, 0.717) is 12.5 Å². The van der Waals surface area contributed by atoms with Crippen molar-refractivity contribution in [3.05, 3.63) is 65.5 Å². The normalized spacial score (nSPS) is 18.7. The van der Waals surface area contributed by atoms with Crippen LogP contribution >= 0.6 is 12.4 Å². The SMILES string of the molecule is CNC[C@@H](O)[C@H](c1cccc(F)c1)N1CC(C)c2ccccc21.Cl. The maximum absolute atomic E-state index is 13.7. The second-order valence-electron chi connectivity index (χ2n) is 6.24. The first kappa shape index (κ1) is 18.7. The number of nitrogens with zero attached hydrogens (tertiary/aromatic N) is 1. The van der Waals surface area contributed by atoms with Gasteiger partial charge in [0.05, 0.1) is 12.1 Å². The summed E-state index contributed by atoms with van der Waals surface area (Å²) in [6, 6.07) is 14.5. The molecule has 0 aliphatic carbocycles. The van der Waals surface area contributed by atoms with Crippen LogP contribution in [0, 0.1) is 5.82 Å². The van der Waals surface area contributed by atoms with Crippen molar-refractivity contribution >= 4 is 18.1 Å². The highest BCUT2D eigenvalue weighted by atomic mass is 35.5. The van der Waals surface area contributed by atoms with Gasteiger partial charge >= 0.3 is 0 Å². The number of hydrogen-bond donors (Lipinski definition) is 2. The second kappa shape index (κ2) is 7.97. The van der Waals surface area contributed by atoms with Crippen molar-refractivity contribution in [3.8, 4) is 0 Å². The number of para-hydroxylation sites is 1. The molecule has 1 aliphatic rings. The molecule has 0 saturated carbocycles. The van der Waals surface area contributed by atoms with E-state index < -0.39 is 6.10 Å². The smallest absolute Gasteiger partial charge is 0.123 e. The number of nitrogens with one attached hydrogen (secondary N) is 1. The third kappa shape index (κ3) is 3.56. The van der Waals surface area contributed by atoms with Crippen LogP contribution in [0.5, 0.6) is 0 Å². The highest BCUT2D eigenvalue weighted by Crippen LogP contribution is 2.41. The Bertz CT molecular complexity index is 682. The van der Waals surface area contributed by atoms with Gasteiger partial charge in [-0.2, -0.15) is 0 Å². The lowest BCUT2D eigenvalue weighted by Gasteiger charge is -2.34. The molecule has 2 aromatic carbocycles. The van der Waals surface area contributed by atoms with Gasteiger partial charge in [-0.25, -0.2) is 4.39 Å². The fourth-order valence-corrected chi connectivity index (χ4v) is 3.54. The molecule has 0 spiro atoms. The van der Waals surface area contributed by atoms with Crippen molar-refractivity contribution in [2.45, 2.75) is 25.0 Å². The van der Waals surface area contributed by atoms with E-state index in [1.165, 1.54) is 17.7 Å². The maximum Gasteiger partial charge on any atom is 0.123 e. The lowest BCUT2D eigenvalue weighted by molar-refractivity contribution is 0.140. The van der Waals surface area contributed by atoms with Crippen molar-refractivity contribution in [1.29, 1.82) is 0 Å². The van der Waals surface area contributed by atoms with Crippen LogP contribution in [-0.4, -0.2) is 31.3 Å². The van der Waals surface area contributed by atoms with Gasteiger partial charge in [0, 0.05) is 24.7 Å². The van der Waals surface area contributed by atoms with Gasteiger partial charge in [0.2, 0.25) is 0 Å². The monoisotopic (exact) mass is 350 g/mol. The van der Waals surface area contributed by atoms with Gasteiger partial charge in [0.1, 0.15) is 5.82 Å². The van der Waals surface area contributed by atoms with E-state index in [9.17, 15) is 9.50 Å². The van der Waals surface area contributed by atoms with E-state index in [0.717, 1.165) is 17.8 Å². The van der Waals surface area contributed by atoms with Crippen LogP contribution in [0.2, 0.25) is 0 Å². The van der Waals surface area contributed by atoms with Crippen LogP contribution in [0.3, 0.4) is 0 Å². The third-order valence-corrected chi connectivity index (χ3v) is 4.55. The molecule has 1 unspecified atom stereocenters. The van der Waals surface area contributed by atoms with E-state index in [1.54, 1.807) is 6.07 Å². The molecule has 3 rings (SSSR count). The highest BCUT2D eigenvalue weighted by Gasteiger charge is 2.34. The number of benzene rings is 2. The molecule has 0 saturated heterocycles. The number of halogens is 2. The summed E-state index contributed by atoms with van der Waals surface area (Å²) in [4.78, 5) is 2.21. The standard InChI is InChI=1S/C19H23FN2O.ClH/c1-13-12-22(17-9-4-3-8-16(13)17)19(18(23)11-21-2)14-6-5-7-15(20)10-14;/h3-10,13,18-19,21,23H,11-12H2,1-2H3;1H/t13?,18-,19+;/m1./s1. The second-order valence-corrected chi connectivity index (χ2v) is 6.24. The van der Waals surface area contributed by atoms with Gasteiger partial charge in [-0.1, -0.05) is 37.3 Å². The van der Waals surface area contributed by atoms with Crippen molar-refractivity contribution < 1.29 is 9.50 Å². The summed E-state index contributed by atoms with van der Waals surface area (Å²) in [5.74, 6) is 0.119. The molecule has 1 aliphatic heterocycles. The Morgan fingerprint density at radius 1 is 1.25 bits per heavy atom. The highest BCUT2D eigenvalue weighted by molar-refractivity contribution is 5.85. The molecular formula is C19H24ClFN2O. The zero-order valence-corrected chi connectivity index (χ0v) is 14.8. The molecule has 2 aromatic rings. The van der Waals surface area contributed by atoms with Crippen molar-refractivity contribution in [2.24, 2.45) is 0 Å². The molecule has 3 atom stereocenters. The first-order valence-electron chi connectivity index (χ1n) is 8.05. The largest absolute Gasteiger partial charge is 0.389 e. The van der Waals surface area contributed by atoms with Crippen LogP contribution < -0.4 is 10.2 Å². The zero-order valence-electron chi connectivity index (χ0n) is 13.9. The molecule has 130 valence electrons. The topological polar surface area (TPSA) is 35.5 Å². The molecule has 1 heterocycles. The predicted octanol–water partition coefficient (Wildman–Crippen LogP) is 3.49. The Hall–Kier alpha value is -1.62. The summed E-state index contributed by atoms with van der Waals surface area (Å²) in [7, 11) is 1.81. The van der Waals surface area contributed by atoms with E-state index in [1.807, 2.05) is 25.2 Å². The number of anilines is 1. The lowest BCUT2D eigenvalue weighted by atomic mass is 9.99. The Balaban J connectivity index is 0.00000208. The molecule has 3 nitrogen and oxygen atoms in total. The molecule has 5 heteroatoms. The summed E-state index contributed by atoms with van der Waals surface area (Å²) in [6.07, 6.45) is -0.625. The van der Waals surface area contributed by atoms with Gasteiger partial charge in [-0.15, -0.1) is 12.4 Å². The molecule has 0 amide bonds. The minimum Gasteiger partial charge on any atom is -0.389 e. The number of aliphatic hydroxyl groups excluding tert-OH is 1. The number of rotatable bonds is 5. The van der Waals surface area contributed by atoms with Crippen LogP contribution in [0.4, 0.5) is 10.1 Å². The maximum atomic E-state index is 13.7. The molecule has 0 radical (unpaired) electrons. The third-order valence-electron chi connectivity index (χ3n) is 4.55. The number of likely N-dealkylation sites (N-methyl/N-ethyl adjacent to an activating group) is 1. The molecule has 0 fully saturated rings. The average Bonchev–Trinajstić information content (AvgIpc) is 2.86. The summed E-state index contributed by atoms with van der Waals surface area (Å²) in [5.41, 5.74) is 3.21. The summed E-state index contributed by atoms with van der Waals surface area (Å²) >= 11 is 0. The number of fused-ring (bicyclic) bond motifs is 1. The van der Waals surface area contributed by atoms with Gasteiger partial charge in [-0.3, -0.25) is 0 Å². The van der Waals surface area contributed by atoms with Crippen LogP contribution in [-0.2, 0) is 0 Å². The van der Waals surface area contributed by atoms with Crippen molar-refractivity contribution in [2.75, 3.05) is 25.0 Å². The summed E-state index contributed by atoms with van der Waals surface area (Å²) < 4.78 is 13.7. The molecular weight excluding hydrogens is 327 g/mol. The van der Waals surface area contributed by atoms with Crippen LogP contribution in [0.1, 0.15) is 30.0 Å². The van der Waals surface area contributed by atoms with Gasteiger partial charge in [-0.05, 0) is 36.4 Å². The lowest BCUT2D eigenvalue weighted by Crippen LogP contribution is -2.40. The van der Waals surface area contributed by atoms with Crippen molar-refractivity contribution in [3.63, 3.8) is 0 Å². The molecule has 2 N–H and O–H groups in total. The Morgan fingerprint density at radius 2 is 2.00 bits per heavy atom. The van der Waals surface area contributed by atoms with Gasteiger partial charge < -0.3 is 15.3 Å². The Morgan fingerprint density at radius 3 is 2.71 bits per heavy atom. The van der Waals surface area contributed by atoms with E-state index in [4.69, 9.17) is 0 Å². The van der Waals surface area contributed by atoms with Crippen LogP contribution in [0.15, 0.2) is 48.5 Å². The predicted molar refractivity (Wildman–Crippen MR) is 98.5 cm³/mol. The van der Waals surface area contributed by atoms with E-state index in [-0.39, 0.29) is 24.3 Å². The fourth-order valence-electron chi connectivity index (χ4n) is 3.54. The van der Waals surface area contributed by atoms with E-state index >= 15 is 0 Å². The number of aliphatic hydroxyl groups is 1. The summed E-state index contributed by atoms with van der Waals surface area (Å²) in [5, 5.41) is 13.7. The quantitative estimate of drug-likeness (QED) is 0.866. The van der Waals surface area contributed by atoms with Crippen molar-refractivity contribution in [1.82, 2.24) is 5.32 Å². The Labute approximate surface area is 148 Å². The number of hydrogen-bond acceptors (Lipinski definition) is 3. The fraction of sp³-hybridized carbons (Fsp3) is 0.368. The van der Waals surface area contributed by atoms with Crippen LogP contribution in [0.25, 0.3) is 0 Å². The Kier molecular flexibility index (Phi) is 6.21. The molecule has 0 bridgehead atoms.